The quantitative estimate of drug-likeness (QED) is 0.948. The van der Waals surface area contributed by atoms with Gasteiger partial charge in [-0.15, -0.1) is 11.3 Å². The van der Waals surface area contributed by atoms with Crippen molar-refractivity contribution in [2.75, 3.05) is 5.75 Å². The molecule has 2 aromatic rings. The summed E-state index contributed by atoms with van der Waals surface area (Å²) >= 11 is 1.77. The number of rotatable bonds is 3. The molecule has 1 aromatic carbocycles. The van der Waals surface area contributed by atoms with Gasteiger partial charge in [0.15, 0.2) is 9.84 Å². The zero-order valence-corrected chi connectivity index (χ0v) is 13.1. The molecule has 0 saturated heterocycles. The Hall–Kier alpha value is -1.17. The fourth-order valence-electron chi connectivity index (χ4n) is 2.58. The summed E-state index contributed by atoms with van der Waals surface area (Å²) in [5.41, 5.74) is 2.20. The van der Waals surface area contributed by atoms with Crippen molar-refractivity contribution in [2.45, 2.75) is 31.3 Å². The number of nitrogens with one attached hydrogen (secondary N) is 1. The maximum atomic E-state index is 12.1. The first kappa shape index (κ1) is 13.8. The van der Waals surface area contributed by atoms with Crippen LogP contribution in [-0.2, 0) is 16.4 Å². The Morgan fingerprint density at radius 3 is 2.75 bits per heavy atom. The largest absolute Gasteiger partial charge is 0.304 e. The predicted octanol–water partition coefficient (Wildman–Crippen LogP) is 2.98. The molecule has 1 aliphatic rings. The molecular formula is C15H17NO2S2. The minimum atomic E-state index is -3.12. The second-order valence-electron chi connectivity index (χ2n) is 5.20. The van der Waals surface area contributed by atoms with Crippen LogP contribution in [0, 0.1) is 13.8 Å². The minimum Gasteiger partial charge on any atom is -0.304 e. The molecule has 1 N–H and O–H groups in total. The second kappa shape index (κ2) is 4.98. The van der Waals surface area contributed by atoms with Crippen molar-refractivity contribution in [3.8, 4) is 0 Å². The van der Waals surface area contributed by atoms with E-state index in [2.05, 4.69) is 25.2 Å². The highest BCUT2D eigenvalue weighted by Crippen LogP contribution is 2.33. The third-order valence-corrected chi connectivity index (χ3v) is 6.72. The van der Waals surface area contributed by atoms with Crippen LogP contribution in [0.25, 0.3) is 0 Å². The van der Waals surface area contributed by atoms with Crippen LogP contribution in [0.2, 0.25) is 0 Å². The van der Waals surface area contributed by atoms with Gasteiger partial charge in [0.25, 0.3) is 0 Å². The lowest BCUT2D eigenvalue weighted by molar-refractivity contribution is 0.569. The number of hydrogen-bond acceptors (Lipinski definition) is 4. The van der Waals surface area contributed by atoms with Crippen LogP contribution in [0.1, 0.15) is 26.9 Å². The lowest BCUT2D eigenvalue weighted by Gasteiger charge is -2.11. The molecule has 0 radical (unpaired) electrons. The average molecular weight is 307 g/mol. The summed E-state index contributed by atoms with van der Waals surface area (Å²) in [6, 6.07) is 9.36. The second-order valence-corrected chi connectivity index (χ2v) is 8.55. The number of sulfone groups is 1. The van der Waals surface area contributed by atoms with Crippen LogP contribution < -0.4 is 5.32 Å². The first-order chi connectivity index (χ1) is 9.47. The van der Waals surface area contributed by atoms with Crippen molar-refractivity contribution in [3.63, 3.8) is 0 Å². The standard InChI is InChI=1S/C15H17NO2S2/c1-10-7-12(19-11(10)2)8-16-14-9-20(17,18)15-6-4-3-5-13(14)15/h3-7,14,16H,8-9H2,1-2H3. The fraction of sp³-hybridized carbons (Fsp3) is 0.333. The first-order valence-corrected chi connectivity index (χ1v) is 9.05. The Morgan fingerprint density at radius 1 is 1.30 bits per heavy atom. The molecule has 0 fully saturated rings. The van der Waals surface area contributed by atoms with Crippen molar-refractivity contribution in [2.24, 2.45) is 0 Å². The number of fused-ring (bicyclic) bond motifs is 1. The predicted molar refractivity (Wildman–Crippen MR) is 81.9 cm³/mol. The Balaban J connectivity index is 1.80. The molecule has 0 bridgehead atoms. The average Bonchev–Trinajstić information content (AvgIpc) is 2.86. The van der Waals surface area contributed by atoms with Gasteiger partial charge in [0.05, 0.1) is 10.6 Å². The lowest BCUT2D eigenvalue weighted by Crippen LogP contribution is -2.21. The Morgan fingerprint density at radius 2 is 2.05 bits per heavy atom. The smallest absolute Gasteiger partial charge is 0.180 e. The van der Waals surface area contributed by atoms with Crippen LogP contribution in [0.15, 0.2) is 35.2 Å². The van der Waals surface area contributed by atoms with E-state index in [1.54, 1.807) is 23.5 Å². The van der Waals surface area contributed by atoms with Crippen LogP contribution in [-0.4, -0.2) is 14.2 Å². The lowest BCUT2D eigenvalue weighted by atomic mass is 10.1. The fourth-order valence-corrected chi connectivity index (χ4v) is 5.36. The Bertz CT molecular complexity index is 727. The Labute approximate surface area is 123 Å². The van der Waals surface area contributed by atoms with Gasteiger partial charge in [0.2, 0.25) is 0 Å². The van der Waals surface area contributed by atoms with Gasteiger partial charge in [0, 0.05) is 22.3 Å². The third-order valence-electron chi connectivity index (χ3n) is 3.76. The van der Waals surface area contributed by atoms with E-state index in [0.717, 1.165) is 5.56 Å². The van der Waals surface area contributed by atoms with Gasteiger partial charge in [-0.25, -0.2) is 8.42 Å². The SMILES string of the molecule is Cc1cc(CNC2CS(=O)(=O)c3ccccc32)sc1C. The third kappa shape index (κ3) is 2.41. The Kier molecular flexibility index (Phi) is 3.44. The summed E-state index contributed by atoms with van der Waals surface area (Å²) in [5.74, 6) is 0.162. The van der Waals surface area contributed by atoms with Gasteiger partial charge < -0.3 is 5.32 Å². The van der Waals surface area contributed by atoms with E-state index in [0.29, 0.717) is 11.4 Å². The highest BCUT2D eigenvalue weighted by molar-refractivity contribution is 7.91. The molecule has 106 valence electrons. The van der Waals surface area contributed by atoms with Crippen LogP contribution in [0.5, 0.6) is 0 Å². The molecule has 0 aliphatic carbocycles. The van der Waals surface area contributed by atoms with E-state index in [1.807, 2.05) is 12.1 Å². The number of thiophene rings is 1. The molecule has 0 saturated carbocycles. The van der Waals surface area contributed by atoms with Gasteiger partial charge in [0.1, 0.15) is 0 Å². The number of benzene rings is 1. The maximum Gasteiger partial charge on any atom is 0.180 e. The highest BCUT2D eigenvalue weighted by atomic mass is 32.2. The van der Waals surface area contributed by atoms with Gasteiger partial charge in [-0.1, -0.05) is 18.2 Å². The van der Waals surface area contributed by atoms with Crippen LogP contribution in [0.4, 0.5) is 0 Å². The van der Waals surface area contributed by atoms with Gasteiger partial charge in [-0.2, -0.15) is 0 Å². The zero-order chi connectivity index (χ0) is 14.3. The topological polar surface area (TPSA) is 46.2 Å². The molecule has 1 aliphatic heterocycles. The van der Waals surface area contributed by atoms with E-state index < -0.39 is 9.84 Å². The zero-order valence-electron chi connectivity index (χ0n) is 11.5. The van der Waals surface area contributed by atoms with Gasteiger partial charge >= 0.3 is 0 Å². The van der Waals surface area contributed by atoms with E-state index in [1.165, 1.54) is 15.3 Å². The van der Waals surface area contributed by atoms with E-state index in [4.69, 9.17) is 0 Å². The molecule has 1 aromatic heterocycles. The van der Waals surface area contributed by atoms with Crippen LogP contribution in [0.3, 0.4) is 0 Å². The summed E-state index contributed by atoms with van der Waals surface area (Å²) in [6.07, 6.45) is 0. The number of aryl methyl sites for hydroxylation is 2. The molecule has 5 heteroatoms. The summed E-state index contributed by atoms with van der Waals surface area (Å²) in [4.78, 5) is 3.05. The van der Waals surface area contributed by atoms with Gasteiger partial charge in [-0.05, 0) is 37.1 Å². The summed E-state index contributed by atoms with van der Waals surface area (Å²) < 4.78 is 24.2. The molecule has 0 amide bonds. The van der Waals surface area contributed by atoms with Crippen molar-refractivity contribution < 1.29 is 8.42 Å². The van der Waals surface area contributed by atoms with Crippen molar-refractivity contribution in [1.82, 2.24) is 5.32 Å². The molecule has 0 spiro atoms. The molecular weight excluding hydrogens is 290 g/mol. The monoisotopic (exact) mass is 307 g/mol. The maximum absolute atomic E-state index is 12.1. The van der Waals surface area contributed by atoms with Crippen molar-refractivity contribution in [3.05, 3.63) is 51.2 Å². The molecule has 1 unspecified atom stereocenters. The minimum absolute atomic E-state index is 0.0982. The van der Waals surface area contributed by atoms with Crippen molar-refractivity contribution >= 4 is 21.2 Å². The summed E-state index contributed by atoms with van der Waals surface area (Å²) in [5, 5.41) is 3.38. The number of hydrogen-bond donors (Lipinski definition) is 1. The molecule has 3 rings (SSSR count). The van der Waals surface area contributed by atoms with Crippen molar-refractivity contribution in [1.29, 1.82) is 0 Å². The first-order valence-electron chi connectivity index (χ1n) is 6.58. The highest BCUT2D eigenvalue weighted by Gasteiger charge is 2.33. The molecule has 20 heavy (non-hydrogen) atoms. The molecule has 2 heterocycles. The van der Waals surface area contributed by atoms with E-state index in [-0.39, 0.29) is 11.8 Å². The molecule has 1 atom stereocenters. The molecule has 3 nitrogen and oxygen atoms in total. The normalized spacial score (nSPS) is 20.0. The van der Waals surface area contributed by atoms with Gasteiger partial charge in [-0.3, -0.25) is 0 Å². The van der Waals surface area contributed by atoms with Crippen LogP contribution >= 0.6 is 11.3 Å². The van der Waals surface area contributed by atoms with E-state index >= 15 is 0 Å². The summed E-state index contributed by atoms with van der Waals surface area (Å²) in [6.45, 7) is 4.93. The summed E-state index contributed by atoms with van der Waals surface area (Å²) in [7, 11) is -3.12. The van der Waals surface area contributed by atoms with E-state index in [9.17, 15) is 8.42 Å².